The lowest BCUT2D eigenvalue weighted by atomic mass is 9.81. The van der Waals surface area contributed by atoms with Gasteiger partial charge < -0.3 is 10.6 Å². The van der Waals surface area contributed by atoms with Crippen molar-refractivity contribution in [3.8, 4) is 0 Å². The largest absolute Gasteiger partial charge is 0.389 e. The van der Waals surface area contributed by atoms with E-state index in [1.54, 1.807) is 37.6 Å². The number of pyridine rings is 1. The average Bonchev–Trinajstić information content (AvgIpc) is 3.67. The SMILES string of the molecule is Cc1ccncc1C(=O)N[C@H](c1cn2ncc([C@H](NC(=O)CCC(F)(F)F)C3CC3)cc2n1)C1CCC(F)(F)CC1. The van der Waals surface area contributed by atoms with Crippen LogP contribution in [0.4, 0.5) is 22.0 Å². The number of carbonyl (C=O) groups is 2. The highest BCUT2D eigenvalue weighted by Crippen LogP contribution is 2.43. The minimum absolute atomic E-state index is 0.0854. The summed E-state index contributed by atoms with van der Waals surface area (Å²) in [5.41, 5.74) is 2.57. The van der Waals surface area contributed by atoms with Crippen LogP contribution in [0.25, 0.3) is 5.65 Å². The van der Waals surface area contributed by atoms with E-state index >= 15 is 0 Å². The van der Waals surface area contributed by atoms with Gasteiger partial charge in [0.1, 0.15) is 0 Å². The molecule has 3 aromatic rings. The minimum Gasteiger partial charge on any atom is -0.349 e. The van der Waals surface area contributed by atoms with Crippen molar-refractivity contribution in [2.45, 2.75) is 82.5 Å². The molecule has 2 aliphatic rings. The van der Waals surface area contributed by atoms with Crippen molar-refractivity contribution in [2.75, 3.05) is 0 Å². The van der Waals surface area contributed by atoms with Gasteiger partial charge in [-0.05, 0) is 67.7 Å². The number of rotatable bonds is 9. The highest BCUT2D eigenvalue weighted by Gasteiger charge is 2.40. The number of nitrogens with one attached hydrogen (secondary N) is 2. The van der Waals surface area contributed by atoms with Gasteiger partial charge >= 0.3 is 6.18 Å². The van der Waals surface area contributed by atoms with Crippen molar-refractivity contribution in [1.29, 1.82) is 0 Å². The van der Waals surface area contributed by atoms with E-state index in [1.807, 2.05) is 0 Å². The van der Waals surface area contributed by atoms with Gasteiger partial charge in [-0.25, -0.2) is 18.3 Å². The molecule has 3 heterocycles. The second-order valence-corrected chi connectivity index (χ2v) is 11.1. The Labute approximate surface area is 233 Å². The van der Waals surface area contributed by atoms with Gasteiger partial charge in [0.15, 0.2) is 5.65 Å². The lowest BCUT2D eigenvalue weighted by Crippen LogP contribution is -2.37. The molecule has 0 bridgehead atoms. The van der Waals surface area contributed by atoms with Gasteiger partial charge in [-0.3, -0.25) is 14.6 Å². The first-order valence-corrected chi connectivity index (χ1v) is 13.7. The summed E-state index contributed by atoms with van der Waals surface area (Å²) in [5.74, 6) is -4.03. The van der Waals surface area contributed by atoms with E-state index in [0.29, 0.717) is 22.5 Å². The molecule has 0 spiro atoms. The lowest BCUT2D eigenvalue weighted by molar-refractivity contribution is -0.144. The number of fused-ring (bicyclic) bond motifs is 1. The van der Waals surface area contributed by atoms with Gasteiger partial charge in [-0.2, -0.15) is 18.3 Å². The Hall–Kier alpha value is -3.64. The van der Waals surface area contributed by atoms with E-state index in [2.05, 4.69) is 25.7 Å². The minimum atomic E-state index is -4.42. The number of halogens is 5. The van der Waals surface area contributed by atoms with Gasteiger partial charge in [0.2, 0.25) is 11.8 Å². The molecule has 0 radical (unpaired) electrons. The highest BCUT2D eigenvalue weighted by molar-refractivity contribution is 5.95. The van der Waals surface area contributed by atoms with Crippen LogP contribution in [-0.4, -0.2) is 43.5 Å². The summed E-state index contributed by atoms with van der Waals surface area (Å²) in [6.45, 7) is 1.78. The number of hydrogen-bond donors (Lipinski definition) is 2. The number of alkyl halides is 5. The van der Waals surface area contributed by atoms with Crippen LogP contribution in [0.1, 0.15) is 90.6 Å². The third-order valence-corrected chi connectivity index (χ3v) is 7.89. The topological polar surface area (TPSA) is 101 Å². The first kappa shape index (κ1) is 28.9. The average molecular weight is 579 g/mol. The Morgan fingerprint density at radius 3 is 2.44 bits per heavy atom. The second kappa shape index (κ2) is 11.3. The third kappa shape index (κ3) is 7.17. The molecule has 13 heteroatoms. The summed E-state index contributed by atoms with van der Waals surface area (Å²) < 4.78 is 67.2. The van der Waals surface area contributed by atoms with Gasteiger partial charge in [-0.1, -0.05) is 0 Å². The van der Waals surface area contributed by atoms with Crippen molar-refractivity contribution in [3.05, 3.63) is 59.3 Å². The Balaban J connectivity index is 1.40. The third-order valence-electron chi connectivity index (χ3n) is 7.89. The zero-order chi connectivity index (χ0) is 29.4. The first-order valence-electron chi connectivity index (χ1n) is 13.7. The Morgan fingerprint density at radius 2 is 1.78 bits per heavy atom. The summed E-state index contributed by atoms with van der Waals surface area (Å²) in [6, 6.07) is 2.25. The number of aromatic nitrogens is 4. The normalized spacial score (nSPS) is 19.1. The molecule has 220 valence electrons. The van der Waals surface area contributed by atoms with E-state index in [-0.39, 0.29) is 43.4 Å². The van der Waals surface area contributed by atoms with Crippen molar-refractivity contribution < 1.29 is 31.5 Å². The fourth-order valence-corrected chi connectivity index (χ4v) is 5.38. The maximum Gasteiger partial charge on any atom is 0.389 e. The quantitative estimate of drug-likeness (QED) is 0.320. The molecule has 2 atom stereocenters. The Morgan fingerprint density at radius 1 is 1.07 bits per heavy atom. The fourth-order valence-electron chi connectivity index (χ4n) is 5.38. The van der Waals surface area contributed by atoms with Crippen LogP contribution in [0.15, 0.2) is 36.9 Å². The molecule has 5 rings (SSSR count). The van der Waals surface area contributed by atoms with Crippen LogP contribution >= 0.6 is 0 Å². The molecule has 2 N–H and O–H groups in total. The molecular formula is C28H31F5N6O2. The van der Waals surface area contributed by atoms with Crippen LogP contribution in [0.2, 0.25) is 0 Å². The fraction of sp³-hybridized carbons (Fsp3) is 0.536. The molecule has 41 heavy (non-hydrogen) atoms. The predicted molar refractivity (Wildman–Crippen MR) is 138 cm³/mol. The Kier molecular flexibility index (Phi) is 7.97. The van der Waals surface area contributed by atoms with Crippen molar-refractivity contribution >= 4 is 17.5 Å². The summed E-state index contributed by atoms with van der Waals surface area (Å²) in [6.07, 6.45) is 1.40. The number of amides is 2. The van der Waals surface area contributed by atoms with Crippen LogP contribution in [0, 0.1) is 18.8 Å². The summed E-state index contributed by atoms with van der Waals surface area (Å²) in [7, 11) is 0. The van der Waals surface area contributed by atoms with Gasteiger partial charge in [0.25, 0.3) is 5.91 Å². The number of carbonyl (C=O) groups excluding carboxylic acids is 2. The van der Waals surface area contributed by atoms with E-state index in [1.165, 1.54) is 10.7 Å². The van der Waals surface area contributed by atoms with Gasteiger partial charge in [0.05, 0.1) is 42.2 Å². The molecule has 0 saturated heterocycles. The summed E-state index contributed by atoms with van der Waals surface area (Å²) in [4.78, 5) is 34.2. The van der Waals surface area contributed by atoms with Gasteiger partial charge in [0, 0.05) is 31.7 Å². The molecule has 2 amide bonds. The standard InChI is InChI=1S/C28H31F5N6O2/c1-16-7-11-34-14-20(16)26(41)38-25(18-4-8-27(29,30)9-5-18)21-15-39-22(36-21)12-19(13-35-39)24(17-2-3-17)37-23(40)6-10-28(31,32)33/h7,11-15,17-18,24-25H,2-6,8-10H2,1H3,(H,37,40)(H,38,41)/t24-,25+/m1/s1. The number of imidazole rings is 1. The zero-order valence-corrected chi connectivity index (χ0v) is 22.4. The van der Waals surface area contributed by atoms with E-state index in [4.69, 9.17) is 0 Å². The molecule has 0 aromatic carbocycles. The van der Waals surface area contributed by atoms with Crippen molar-refractivity contribution in [3.63, 3.8) is 0 Å². The van der Waals surface area contributed by atoms with Gasteiger partial charge in [-0.15, -0.1) is 0 Å². The summed E-state index contributed by atoms with van der Waals surface area (Å²) in [5, 5.41) is 10.1. The van der Waals surface area contributed by atoms with E-state index in [0.717, 1.165) is 18.4 Å². The number of aryl methyl sites for hydroxylation is 1. The van der Waals surface area contributed by atoms with Crippen LogP contribution in [0.5, 0.6) is 0 Å². The zero-order valence-electron chi connectivity index (χ0n) is 22.4. The maximum absolute atomic E-state index is 14.0. The molecule has 2 fully saturated rings. The summed E-state index contributed by atoms with van der Waals surface area (Å²) >= 11 is 0. The van der Waals surface area contributed by atoms with Crippen LogP contribution < -0.4 is 10.6 Å². The smallest absolute Gasteiger partial charge is 0.349 e. The van der Waals surface area contributed by atoms with Crippen molar-refractivity contribution in [1.82, 2.24) is 30.2 Å². The lowest BCUT2D eigenvalue weighted by Gasteiger charge is -2.33. The Bertz CT molecular complexity index is 1410. The molecule has 2 aliphatic carbocycles. The molecule has 3 aromatic heterocycles. The molecule has 2 saturated carbocycles. The first-order chi connectivity index (χ1) is 19.4. The maximum atomic E-state index is 14.0. The number of hydrogen-bond acceptors (Lipinski definition) is 5. The predicted octanol–water partition coefficient (Wildman–Crippen LogP) is 5.64. The van der Waals surface area contributed by atoms with E-state index in [9.17, 15) is 31.5 Å². The monoisotopic (exact) mass is 578 g/mol. The molecular weight excluding hydrogens is 547 g/mol. The van der Waals surface area contributed by atoms with Crippen LogP contribution in [0.3, 0.4) is 0 Å². The molecule has 0 aliphatic heterocycles. The van der Waals surface area contributed by atoms with E-state index < -0.39 is 42.9 Å². The highest BCUT2D eigenvalue weighted by atomic mass is 19.4. The second-order valence-electron chi connectivity index (χ2n) is 11.1. The number of nitrogens with zero attached hydrogens (tertiary/aromatic N) is 4. The van der Waals surface area contributed by atoms with Crippen LogP contribution in [-0.2, 0) is 4.79 Å². The molecule has 0 unspecified atom stereocenters. The van der Waals surface area contributed by atoms with Crippen molar-refractivity contribution in [2.24, 2.45) is 11.8 Å². The molecule has 8 nitrogen and oxygen atoms in total.